The van der Waals surface area contributed by atoms with E-state index in [0.29, 0.717) is 5.56 Å². The highest BCUT2D eigenvalue weighted by Gasteiger charge is 2.15. The molecule has 1 N–H and O–H groups in total. The number of halogens is 1. The van der Waals surface area contributed by atoms with Crippen molar-refractivity contribution in [2.75, 3.05) is 18.0 Å². The number of hydrogen-bond acceptors (Lipinski definition) is 2. The Hall–Kier alpha value is -1.35. The molecule has 0 radical (unpaired) electrons. The van der Waals surface area contributed by atoms with Gasteiger partial charge in [0.2, 0.25) is 0 Å². The third-order valence-electron chi connectivity index (χ3n) is 2.84. The average molecular weight is 221 g/mol. The minimum Gasteiger partial charge on any atom is -0.389 e. The standard InChI is InChI=1S/C13H16FNO/c1-10(16)12-9-11(14)5-6-13(12)15-7-3-2-4-8-15/h2-3,5-6,9-10,16H,4,7-8H2,1H3/t10-/m1/s1. The van der Waals surface area contributed by atoms with Crippen molar-refractivity contribution in [3.05, 3.63) is 41.7 Å². The summed E-state index contributed by atoms with van der Waals surface area (Å²) >= 11 is 0. The summed E-state index contributed by atoms with van der Waals surface area (Å²) in [6, 6.07) is 4.61. The summed E-state index contributed by atoms with van der Waals surface area (Å²) < 4.78 is 13.1. The van der Waals surface area contributed by atoms with Crippen molar-refractivity contribution >= 4 is 5.69 Å². The van der Waals surface area contributed by atoms with Crippen LogP contribution in [0.4, 0.5) is 10.1 Å². The van der Waals surface area contributed by atoms with Crippen LogP contribution in [-0.4, -0.2) is 18.2 Å². The molecule has 0 saturated heterocycles. The first-order valence-corrected chi connectivity index (χ1v) is 5.56. The molecule has 0 bridgehead atoms. The Balaban J connectivity index is 2.35. The van der Waals surface area contributed by atoms with Crippen molar-refractivity contribution in [2.45, 2.75) is 19.4 Å². The summed E-state index contributed by atoms with van der Waals surface area (Å²) in [5.74, 6) is -0.299. The molecule has 0 amide bonds. The summed E-state index contributed by atoms with van der Waals surface area (Å²) in [6.45, 7) is 3.41. The zero-order chi connectivity index (χ0) is 11.5. The van der Waals surface area contributed by atoms with Crippen LogP contribution >= 0.6 is 0 Å². The minimum absolute atomic E-state index is 0.299. The fourth-order valence-electron chi connectivity index (χ4n) is 2.01. The summed E-state index contributed by atoms with van der Waals surface area (Å²) in [4.78, 5) is 2.15. The number of aliphatic hydroxyl groups is 1. The molecule has 0 saturated carbocycles. The molecule has 1 aliphatic rings. The maximum Gasteiger partial charge on any atom is 0.123 e. The van der Waals surface area contributed by atoms with E-state index in [1.165, 1.54) is 12.1 Å². The van der Waals surface area contributed by atoms with Gasteiger partial charge in [0.15, 0.2) is 0 Å². The molecule has 0 aromatic heterocycles. The summed E-state index contributed by atoms with van der Waals surface area (Å²) in [5, 5.41) is 9.65. The molecule has 2 rings (SSSR count). The van der Waals surface area contributed by atoms with Gasteiger partial charge in [-0.3, -0.25) is 0 Å². The van der Waals surface area contributed by atoms with E-state index >= 15 is 0 Å². The Morgan fingerprint density at radius 3 is 2.81 bits per heavy atom. The molecule has 3 heteroatoms. The average Bonchev–Trinajstić information content (AvgIpc) is 2.30. The van der Waals surface area contributed by atoms with Crippen LogP contribution in [0.25, 0.3) is 0 Å². The number of aliphatic hydroxyl groups excluding tert-OH is 1. The maximum absolute atomic E-state index is 13.1. The van der Waals surface area contributed by atoms with E-state index in [9.17, 15) is 9.50 Å². The predicted octanol–water partition coefficient (Wildman–Crippen LogP) is 2.65. The minimum atomic E-state index is -0.642. The fraction of sp³-hybridized carbons (Fsp3) is 0.385. The van der Waals surface area contributed by atoms with E-state index < -0.39 is 6.10 Å². The van der Waals surface area contributed by atoms with E-state index in [4.69, 9.17) is 0 Å². The Labute approximate surface area is 95.0 Å². The molecule has 1 heterocycles. The van der Waals surface area contributed by atoms with Gasteiger partial charge in [-0.15, -0.1) is 0 Å². The molecule has 16 heavy (non-hydrogen) atoms. The lowest BCUT2D eigenvalue weighted by molar-refractivity contribution is 0.199. The molecular weight excluding hydrogens is 205 g/mol. The van der Waals surface area contributed by atoms with E-state index in [0.717, 1.165) is 25.2 Å². The first-order valence-electron chi connectivity index (χ1n) is 5.56. The Morgan fingerprint density at radius 2 is 2.19 bits per heavy atom. The van der Waals surface area contributed by atoms with Gasteiger partial charge in [-0.05, 0) is 31.5 Å². The Morgan fingerprint density at radius 1 is 1.38 bits per heavy atom. The third-order valence-corrected chi connectivity index (χ3v) is 2.84. The van der Waals surface area contributed by atoms with Crippen LogP contribution in [0.2, 0.25) is 0 Å². The van der Waals surface area contributed by atoms with E-state index in [1.807, 2.05) is 0 Å². The zero-order valence-electron chi connectivity index (χ0n) is 9.36. The van der Waals surface area contributed by atoms with Crippen molar-refractivity contribution in [1.82, 2.24) is 0 Å². The number of benzene rings is 1. The van der Waals surface area contributed by atoms with Crippen molar-refractivity contribution in [3.63, 3.8) is 0 Å². The molecule has 2 nitrogen and oxygen atoms in total. The second-order valence-electron chi connectivity index (χ2n) is 4.09. The number of rotatable bonds is 2. The molecular formula is C13H16FNO. The second-order valence-corrected chi connectivity index (χ2v) is 4.09. The number of anilines is 1. The highest BCUT2D eigenvalue weighted by Crippen LogP contribution is 2.28. The van der Waals surface area contributed by atoms with Crippen molar-refractivity contribution in [3.8, 4) is 0 Å². The van der Waals surface area contributed by atoms with Crippen molar-refractivity contribution < 1.29 is 9.50 Å². The van der Waals surface area contributed by atoms with Gasteiger partial charge in [-0.2, -0.15) is 0 Å². The predicted molar refractivity (Wildman–Crippen MR) is 63.0 cm³/mol. The highest BCUT2D eigenvalue weighted by molar-refractivity contribution is 5.55. The van der Waals surface area contributed by atoms with Gasteiger partial charge >= 0.3 is 0 Å². The summed E-state index contributed by atoms with van der Waals surface area (Å²) in [6.07, 6.45) is 4.59. The molecule has 86 valence electrons. The highest BCUT2D eigenvalue weighted by atomic mass is 19.1. The second kappa shape index (κ2) is 4.66. The maximum atomic E-state index is 13.1. The van der Waals surface area contributed by atoms with Gasteiger partial charge in [-0.1, -0.05) is 12.2 Å². The van der Waals surface area contributed by atoms with E-state index in [1.54, 1.807) is 13.0 Å². The Kier molecular flexibility index (Phi) is 3.25. The monoisotopic (exact) mass is 221 g/mol. The van der Waals surface area contributed by atoms with Gasteiger partial charge in [0, 0.05) is 24.3 Å². The van der Waals surface area contributed by atoms with Crippen LogP contribution < -0.4 is 4.90 Å². The van der Waals surface area contributed by atoms with Crippen LogP contribution in [0.3, 0.4) is 0 Å². The molecule has 1 atom stereocenters. The summed E-state index contributed by atoms with van der Waals surface area (Å²) in [5.41, 5.74) is 1.59. The van der Waals surface area contributed by atoms with Gasteiger partial charge < -0.3 is 10.0 Å². The number of hydrogen-bond donors (Lipinski definition) is 1. The van der Waals surface area contributed by atoms with Gasteiger partial charge in [0.1, 0.15) is 5.82 Å². The number of nitrogens with zero attached hydrogens (tertiary/aromatic N) is 1. The smallest absolute Gasteiger partial charge is 0.123 e. The molecule has 0 spiro atoms. The lowest BCUT2D eigenvalue weighted by Gasteiger charge is -2.28. The lowest BCUT2D eigenvalue weighted by Crippen LogP contribution is -2.28. The quantitative estimate of drug-likeness (QED) is 0.776. The van der Waals surface area contributed by atoms with Crippen molar-refractivity contribution in [1.29, 1.82) is 0 Å². The Bertz CT molecular complexity index is 401. The molecule has 0 fully saturated rings. The van der Waals surface area contributed by atoms with Crippen LogP contribution in [0.5, 0.6) is 0 Å². The molecule has 1 aromatic carbocycles. The van der Waals surface area contributed by atoms with Gasteiger partial charge in [-0.25, -0.2) is 4.39 Å². The van der Waals surface area contributed by atoms with E-state index in [-0.39, 0.29) is 5.82 Å². The molecule has 1 aromatic rings. The normalized spacial score (nSPS) is 17.6. The van der Waals surface area contributed by atoms with E-state index in [2.05, 4.69) is 17.1 Å². The summed E-state index contributed by atoms with van der Waals surface area (Å²) in [7, 11) is 0. The van der Waals surface area contributed by atoms with Crippen LogP contribution in [0.1, 0.15) is 25.0 Å². The third kappa shape index (κ3) is 2.25. The van der Waals surface area contributed by atoms with Crippen molar-refractivity contribution in [2.24, 2.45) is 0 Å². The van der Waals surface area contributed by atoms with Crippen LogP contribution in [0, 0.1) is 5.82 Å². The molecule has 0 unspecified atom stereocenters. The first-order chi connectivity index (χ1) is 7.68. The van der Waals surface area contributed by atoms with Gasteiger partial charge in [0.05, 0.1) is 6.10 Å². The fourth-order valence-corrected chi connectivity index (χ4v) is 2.01. The SMILES string of the molecule is C[C@@H](O)c1cc(F)ccc1N1CC=CCC1. The molecule has 1 aliphatic heterocycles. The molecule has 0 aliphatic carbocycles. The largest absolute Gasteiger partial charge is 0.389 e. The van der Waals surface area contributed by atoms with Crippen LogP contribution in [0.15, 0.2) is 30.4 Å². The lowest BCUT2D eigenvalue weighted by atomic mass is 10.1. The van der Waals surface area contributed by atoms with Crippen LogP contribution in [-0.2, 0) is 0 Å². The zero-order valence-corrected chi connectivity index (χ0v) is 9.36. The first kappa shape index (κ1) is 11.1. The van der Waals surface area contributed by atoms with Gasteiger partial charge in [0.25, 0.3) is 0 Å². The topological polar surface area (TPSA) is 23.5 Å².